The van der Waals surface area contributed by atoms with Gasteiger partial charge in [-0.1, -0.05) is 72.8 Å². The van der Waals surface area contributed by atoms with Crippen molar-refractivity contribution in [1.82, 2.24) is 0 Å². The molecule has 1 aliphatic carbocycles. The van der Waals surface area contributed by atoms with Crippen LogP contribution in [-0.2, 0) is 0 Å². The summed E-state index contributed by atoms with van der Waals surface area (Å²) in [7, 11) is -3.53. The van der Waals surface area contributed by atoms with Crippen LogP contribution in [0.2, 0.25) is 0 Å². The van der Waals surface area contributed by atoms with Gasteiger partial charge in [0.05, 0.1) is 34.9 Å². The van der Waals surface area contributed by atoms with E-state index in [-0.39, 0.29) is 73.4 Å². The molecular formula is C42H28O12P2. The Morgan fingerprint density at radius 1 is 0.375 bits per heavy atom. The average Bonchev–Trinajstić information content (AvgIpc) is 3.23. The number of para-hydroxylation sites is 5. The number of fused-ring (bicyclic) bond motifs is 2. The Hall–Kier alpha value is -6.87. The number of benzene rings is 6. The Balaban J connectivity index is 1.27. The molecule has 12 nitrogen and oxygen atoms in total. The topological polar surface area (TPSA) is 150 Å². The van der Waals surface area contributed by atoms with Crippen LogP contribution in [0, 0.1) is 0 Å². The van der Waals surface area contributed by atoms with Crippen molar-refractivity contribution < 1.29 is 55.9 Å². The zero-order chi connectivity index (χ0) is 39.0. The summed E-state index contributed by atoms with van der Waals surface area (Å²) in [5, 5.41) is 0. The van der Waals surface area contributed by atoms with Crippen LogP contribution >= 0.6 is 17.2 Å². The van der Waals surface area contributed by atoms with Gasteiger partial charge in [-0.05, 0) is 60.7 Å². The molecule has 1 unspecified atom stereocenters. The molecule has 0 aromatic heterocycles. The standard InChI is InChI=1S/C42H28O12P2/c1-48-35-20-8-9-21-36(35)52-56(51-34-19-7-4-14-29(34)26-45)54-38-23-11-16-31-40(38)42(47)39-30(41(31)46)15-10-22-37(39)53-55(49-32-17-5-2-12-27(32)24-43)50-33-18-6-3-13-28(33)25-44/h2-26H,1H3. The molecule has 0 aliphatic heterocycles. The third-order valence-electron chi connectivity index (χ3n) is 8.24. The van der Waals surface area contributed by atoms with Crippen molar-refractivity contribution in [3.63, 3.8) is 0 Å². The lowest BCUT2D eigenvalue weighted by molar-refractivity contribution is 0.0975. The molecule has 0 bridgehead atoms. The first kappa shape index (κ1) is 37.4. The Bertz CT molecular complexity index is 2410. The summed E-state index contributed by atoms with van der Waals surface area (Å²) in [5.74, 6) is -0.288. The fourth-order valence-electron chi connectivity index (χ4n) is 5.60. The SMILES string of the molecule is COc1ccccc1OP(Oc1ccccc1C=O)Oc1cccc2c1C(=O)c1c(OP(Oc3ccccc3C=O)Oc3ccccc3C=O)cccc1C2=O. The van der Waals surface area contributed by atoms with E-state index in [1.165, 1.54) is 61.7 Å². The second kappa shape index (κ2) is 17.1. The van der Waals surface area contributed by atoms with Crippen LogP contribution in [0.1, 0.15) is 62.9 Å². The van der Waals surface area contributed by atoms with Gasteiger partial charge in [0, 0.05) is 11.1 Å². The summed E-state index contributed by atoms with van der Waals surface area (Å²) in [5.41, 5.74) is 0.473. The van der Waals surface area contributed by atoms with Gasteiger partial charge in [0.1, 0.15) is 28.7 Å². The van der Waals surface area contributed by atoms with Crippen molar-refractivity contribution in [2.75, 3.05) is 7.11 Å². The minimum Gasteiger partial charge on any atom is -0.493 e. The Kier molecular flexibility index (Phi) is 11.4. The monoisotopic (exact) mass is 786 g/mol. The summed E-state index contributed by atoms with van der Waals surface area (Å²) in [6.45, 7) is 0. The van der Waals surface area contributed by atoms with Gasteiger partial charge in [-0.2, -0.15) is 0 Å². The maximum atomic E-state index is 14.7. The molecule has 0 fully saturated rings. The second-order valence-electron chi connectivity index (χ2n) is 11.6. The van der Waals surface area contributed by atoms with Crippen LogP contribution < -0.4 is 31.9 Å². The van der Waals surface area contributed by atoms with Crippen molar-refractivity contribution in [2.45, 2.75) is 0 Å². The van der Waals surface area contributed by atoms with Crippen molar-refractivity contribution in [1.29, 1.82) is 0 Å². The van der Waals surface area contributed by atoms with Gasteiger partial charge in [-0.15, -0.1) is 0 Å². The lowest BCUT2D eigenvalue weighted by Gasteiger charge is -2.25. The summed E-state index contributed by atoms with van der Waals surface area (Å²) < 4.78 is 42.5. The number of ether oxygens (including phenoxy) is 1. The van der Waals surface area contributed by atoms with E-state index >= 15 is 0 Å². The van der Waals surface area contributed by atoms with Crippen LogP contribution in [0.4, 0.5) is 0 Å². The molecule has 278 valence electrons. The van der Waals surface area contributed by atoms with Gasteiger partial charge < -0.3 is 31.9 Å². The molecular weight excluding hydrogens is 758 g/mol. The largest absolute Gasteiger partial charge is 0.530 e. The van der Waals surface area contributed by atoms with Crippen LogP contribution in [0.3, 0.4) is 0 Å². The first-order valence-electron chi connectivity index (χ1n) is 16.7. The second-order valence-corrected chi connectivity index (χ2v) is 13.6. The Labute approximate surface area is 322 Å². The molecule has 0 spiro atoms. The minimum atomic E-state index is -2.53. The molecule has 0 heterocycles. The molecule has 1 aliphatic rings. The highest BCUT2D eigenvalue weighted by atomic mass is 31.2. The molecule has 1 atom stereocenters. The van der Waals surface area contributed by atoms with E-state index in [9.17, 15) is 24.0 Å². The zero-order valence-corrected chi connectivity index (χ0v) is 31.0. The van der Waals surface area contributed by atoms with E-state index in [1.807, 2.05) is 0 Å². The number of ketones is 2. The molecule has 0 saturated carbocycles. The molecule has 0 saturated heterocycles. The fraction of sp³-hybridized carbons (Fsp3) is 0.0238. The van der Waals surface area contributed by atoms with E-state index in [0.29, 0.717) is 24.6 Å². The van der Waals surface area contributed by atoms with Gasteiger partial charge >= 0.3 is 17.2 Å². The maximum Gasteiger partial charge on any atom is 0.530 e. The average molecular weight is 787 g/mol. The van der Waals surface area contributed by atoms with Crippen LogP contribution in [0.5, 0.6) is 40.2 Å². The van der Waals surface area contributed by atoms with E-state index in [2.05, 4.69) is 0 Å². The van der Waals surface area contributed by atoms with E-state index in [0.717, 1.165) is 0 Å². The van der Waals surface area contributed by atoms with Crippen molar-refractivity contribution in [2.24, 2.45) is 0 Å². The number of carbonyl (C=O) groups excluding carboxylic acids is 5. The van der Waals surface area contributed by atoms with Crippen LogP contribution in [-0.4, -0.2) is 37.5 Å². The highest BCUT2D eigenvalue weighted by Gasteiger charge is 2.38. The summed E-state index contributed by atoms with van der Waals surface area (Å²) in [4.78, 5) is 64.4. The third-order valence-corrected chi connectivity index (χ3v) is 10.3. The lowest BCUT2D eigenvalue weighted by Crippen LogP contribution is -2.23. The molecule has 0 radical (unpaired) electrons. The van der Waals surface area contributed by atoms with Gasteiger partial charge in [-0.3, -0.25) is 24.0 Å². The smallest absolute Gasteiger partial charge is 0.493 e. The first-order chi connectivity index (χ1) is 27.4. The van der Waals surface area contributed by atoms with E-state index < -0.39 is 28.8 Å². The lowest BCUT2D eigenvalue weighted by atomic mass is 9.83. The van der Waals surface area contributed by atoms with Gasteiger partial charge in [0.2, 0.25) is 5.78 Å². The van der Waals surface area contributed by atoms with Gasteiger partial charge in [0.15, 0.2) is 36.1 Å². The minimum absolute atomic E-state index is 0.0392. The number of carbonyl (C=O) groups is 5. The predicted molar refractivity (Wildman–Crippen MR) is 206 cm³/mol. The van der Waals surface area contributed by atoms with Crippen molar-refractivity contribution >= 4 is 47.6 Å². The highest BCUT2D eigenvalue weighted by molar-refractivity contribution is 7.43. The molecule has 14 heteroatoms. The number of methoxy groups -OCH3 is 1. The first-order valence-corrected chi connectivity index (χ1v) is 18.9. The van der Waals surface area contributed by atoms with E-state index in [4.69, 9.17) is 31.9 Å². The van der Waals surface area contributed by atoms with Crippen LogP contribution in [0.25, 0.3) is 0 Å². The van der Waals surface area contributed by atoms with Gasteiger partial charge in [-0.25, -0.2) is 0 Å². The Morgan fingerprint density at radius 3 is 1.09 bits per heavy atom. The predicted octanol–water partition coefficient (Wildman–Crippen LogP) is 9.44. The summed E-state index contributed by atoms with van der Waals surface area (Å²) in [6.07, 6.45) is 1.82. The summed E-state index contributed by atoms with van der Waals surface area (Å²) >= 11 is 0. The summed E-state index contributed by atoms with van der Waals surface area (Å²) in [6, 6.07) is 35.0. The molecule has 0 amide bonds. The quantitative estimate of drug-likeness (QED) is 0.0678. The Morgan fingerprint density at radius 2 is 0.696 bits per heavy atom. The highest BCUT2D eigenvalue weighted by Crippen LogP contribution is 2.50. The van der Waals surface area contributed by atoms with Crippen molar-refractivity contribution in [3.05, 3.63) is 172 Å². The number of aldehydes is 3. The number of hydrogen-bond donors (Lipinski definition) is 0. The van der Waals surface area contributed by atoms with E-state index in [1.54, 1.807) is 78.9 Å². The molecule has 7 rings (SSSR count). The molecule has 56 heavy (non-hydrogen) atoms. The third kappa shape index (κ3) is 7.84. The molecule has 6 aromatic carbocycles. The maximum absolute atomic E-state index is 14.7. The number of hydrogen-bond acceptors (Lipinski definition) is 12. The van der Waals surface area contributed by atoms with Gasteiger partial charge in [0.25, 0.3) is 0 Å². The fourth-order valence-corrected chi connectivity index (χ4v) is 7.74. The number of rotatable bonds is 16. The van der Waals surface area contributed by atoms with Crippen molar-refractivity contribution in [3.8, 4) is 40.2 Å². The van der Waals surface area contributed by atoms with Crippen LogP contribution in [0.15, 0.2) is 133 Å². The normalized spacial score (nSPS) is 12.0. The molecule has 0 N–H and O–H groups in total. The molecule has 6 aromatic rings. The zero-order valence-electron chi connectivity index (χ0n) is 29.2.